The Morgan fingerprint density at radius 2 is 2.21 bits per heavy atom. The maximum atomic E-state index is 11.1. The Kier molecular flexibility index (Phi) is 7.16. The summed E-state index contributed by atoms with van der Waals surface area (Å²) < 4.78 is 0. The molecule has 14 heavy (non-hydrogen) atoms. The Hall–Kier alpha value is -1.56. The maximum Gasteiger partial charge on any atom is 0.287 e. The molecule has 0 radical (unpaired) electrons. The van der Waals surface area contributed by atoms with E-state index in [1.165, 1.54) is 0 Å². The molecule has 0 heterocycles. The number of hydrogen-bond donors (Lipinski definition) is 1. The molecule has 3 nitrogen and oxygen atoms in total. The molecule has 0 spiro atoms. The summed E-state index contributed by atoms with van der Waals surface area (Å²) >= 11 is 0. The fourth-order valence-electron chi connectivity index (χ4n) is 0.851. The topological polar surface area (TPSA) is 46.2 Å². The van der Waals surface area contributed by atoms with Gasteiger partial charge in [-0.3, -0.25) is 9.59 Å². The number of amides is 1. The number of Topliss-reactive ketones (excluding diaryl/α,β-unsaturated/α-hetero) is 1. The minimum absolute atomic E-state index is 0.226. The molecule has 0 fully saturated rings. The first-order valence-corrected chi connectivity index (χ1v) is 4.57. The quantitative estimate of drug-likeness (QED) is 0.284. The second-order valence-electron chi connectivity index (χ2n) is 2.81. The molecule has 0 aliphatic rings. The number of nitrogens with one attached hydrogen (secondary N) is 1. The molecule has 0 saturated carbocycles. The van der Waals surface area contributed by atoms with Crippen molar-refractivity contribution in [3.8, 4) is 12.3 Å². The van der Waals surface area contributed by atoms with Gasteiger partial charge >= 0.3 is 0 Å². The molecule has 0 aliphatic heterocycles. The van der Waals surface area contributed by atoms with E-state index in [4.69, 9.17) is 6.42 Å². The maximum absolute atomic E-state index is 11.1. The van der Waals surface area contributed by atoms with Gasteiger partial charge < -0.3 is 5.32 Å². The number of hydrogen-bond acceptors (Lipinski definition) is 2. The second kappa shape index (κ2) is 8.06. The lowest BCUT2D eigenvalue weighted by atomic mass is 10.2. The van der Waals surface area contributed by atoms with Crippen LogP contribution in [0.4, 0.5) is 0 Å². The highest BCUT2D eigenvalue weighted by molar-refractivity contribution is 6.36. The van der Waals surface area contributed by atoms with Gasteiger partial charge in [0.25, 0.3) is 5.91 Å². The van der Waals surface area contributed by atoms with E-state index in [-0.39, 0.29) is 6.42 Å². The summed E-state index contributed by atoms with van der Waals surface area (Å²) in [7, 11) is 0. The first-order valence-electron chi connectivity index (χ1n) is 4.57. The molecule has 0 atom stereocenters. The van der Waals surface area contributed by atoms with Crippen molar-refractivity contribution in [2.75, 3.05) is 6.54 Å². The van der Waals surface area contributed by atoms with Crippen molar-refractivity contribution in [2.45, 2.75) is 25.7 Å². The highest BCUT2D eigenvalue weighted by Gasteiger charge is 2.11. The van der Waals surface area contributed by atoms with Gasteiger partial charge in [0.15, 0.2) is 0 Å². The van der Waals surface area contributed by atoms with Crippen molar-refractivity contribution in [1.82, 2.24) is 5.32 Å². The highest BCUT2D eigenvalue weighted by atomic mass is 16.2. The van der Waals surface area contributed by atoms with Crippen LogP contribution in [0.1, 0.15) is 25.7 Å². The van der Waals surface area contributed by atoms with E-state index in [0.717, 1.165) is 0 Å². The Morgan fingerprint density at radius 3 is 2.79 bits per heavy atom. The Balaban J connectivity index is 3.61. The Labute approximate surface area is 84.6 Å². The summed E-state index contributed by atoms with van der Waals surface area (Å²) in [6.07, 6.45) is 8.70. The monoisotopic (exact) mass is 193 g/mol. The fourth-order valence-corrected chi connectivity index (χ4v) is 0.851. The van der Waals surface area contributed by atoms with Crippen molar-refractivity contribution in [3.63, 3.8) is 0 Å². The summed E-state index contributed by atoms with van der Waals surface area (Å²) in [5.41, 5.74) is 0. The smallest absolute Gasteiger partial charge is 0.287 e. The van der Waals surface area contributed by atoms with Gasteiger partial charge in [0, 0.05) is 19.4 Å². The molecule has 0 aromatic heterocycles. The van der Waals surface area contributed by atoms with Crippen molar-refractivity contribution < 1.29 is 9.59 Å². The number of ketones is 1. The Bertz CT molecular complexity index is 251. The zero-order valence-corrected chi connectivity index (χ0v) is 8.21. The number of carbonyl (C=O) groups excluding carboxylic acids is 2. The number of rotatable bonds is 7. The minimum atomic E-state index is -0.524. The van der Waals surface area contributed by atoms with Gasteiger partial charge in [-0.1, -0.05) is 6.08 Å². The standard InChI is InChI=1S/C11H15NO2/c1-3-5-7-8-10(13)11(14)12-9-6-4-2/h1,4H,2,5-9H2,(H,12,14). The summed E-state index contributed by atoms with van der Waals surface area (Å²) in [5, 5.41) is 2.50. The average Bonchev–Trinajstić information content (AvgIpc) is 2.18. The van der Waals surface area contributed by atoms with E-state index in [1.54, 1.807) is 6.08 Å². The van der Waals surface area contributed by atoms with Gasteiger partial charge in [0.1, 0.15) is 0 Å². The molecule has 0 aliphatic carbocycles. The van der Waals surface area contributed by atoms with Crippen molar-refractivity contribution in [1.29, 1.82) is 0 Å². The third-order valence-corrected chi connectivity index (χ3v) is 1.61. The van der Waals surface area contributed by atoms with Gasteiger partial charge in [0.2, 0.25) is 5.78 Å². The molecule has 1 amide bonds. The molecule has 0 saturated heterocycles. The largest absolute Gasteiger partial charge is 0.349 e. The fraction of sp³-hybridized carbons (Fsp3) is 0.455. The zero-order chi connectivity index (χ0) is 10.8. The van der Waals surface area contributed by atoms with E-state index in [9.17, 15) is 9.59 Å². The van der Waals surface area contributed by atoms with Crippen LogP contribution in [0.15, 0.2) is 12.7 Å². The predicted molar refractivity (Wildman–Crippen MR) is 55.5 cm³/mol. The average molecular weight is 193 g/mol. The molecule has 76 valence electrons. The van der Waals surface area contributed by atoms with Gasteiger partial charge in [-0.25, -0.2) is 0 Å². The lowest BCUT2D eigenvalue weighted by Gasteiger charge is -2.01. The van der Waals surface area contributed by atoms with Gasteiger partial charge in [-0.2, -0.15) is 0 Å². The van der Waals surface area contributed by atoms with Crippen LogP contribution in [0.2, 0.25) is 0 Å². The van der Waals surface area contributed by atoms with E-state index in [1.807, 2.05) is 0 Å². The molecule has 1 N–H and O–H groups in total. The first kappa shape index (κ1) is 12.4. The molecule has 0 rings (SSSR count). The molecule has 0 aromatic carbocycles. The summed E-state index contributed by atoms with van der Waals surface area (Å²) in [4.78, 5) is 22.2. The molecular weight excluding hydrogens is 178 g/mol. The highest BCUT2D eigenvalue weighted by Crippen LogP contribution is 1.95. The predicted octanol–water partition coefficient (Wildman–Crippen LogP) is 1.05. The number of carbonyl (C=O) groups is 2. The van der Waals surface area contributed by atoms with Crippen LogP contribution < -0.4 is 5.32 Å². The molecule has 0 aromatic rings. The second-order valence-corrected chi connectivity index (χ2v) is 2.81. The zero-order valence-electron chi connectivity index (χ0n) is 8.21. The third-order valence-electron chi connectivity index (χ3n) is 1.61. The molecular formula is C11H15NO2. The summed E-state index contributed by atoms with van der Waals surface area (Å²) in [5.74, 6) is 1.49. The summed E-state index contributed by atoms with van der Waals surface area (Å²) in [6, 6.07) is 0. The molecule has 0 bridgehead atoms. The molecule has 3 heteroatoms. The van der Waals surface area contributed by atoms with Gasteiger partial charge in [-0.05, 0) is 12.8 Å². The van der Waals surface area contributed by atoms with E-state index < -0.39 is 11.7 Å². The summed E-state index contributed by atoms with van der Waals surface area (Å²) in [6.45, 7) is 3.97. The lowest BCUT2D eigenvalue weighted by molar-refractivity contribution is -0.137. The van der Waals surface area contributed by atoms with Crippen LogP contribution in [0.3, 0.4) is 0 Å². The van der Waals surface area contributed by atoms with Crippen molar-refractivity contribution in [3.05, 3.63) is 12.7 Å². The SMILES string of the molecule is C#CCCCC(=O)C(=O)NCCC=C. The van der Waals surface area contributed by atoms with E-state index in [0.29, 0.717) is 25.8 Å². The van der Waals surface area contributed by atoms with E-state index in [2.05, 4.69) is 17.8 Å². The normalized spacial score (nSPS) is 8.79. The number of unbranched alkanes of at least 4 members (excludes halogenated alkanes) is 1. The van der Waals surface area contributed by atoms with Crippen LogP contribution in [0.5, 0.6) is 0 Å². The van der Waals surface area contributed by atoms with Crippen LogP contribution >= 0.6 is 0 Å². The lowest BCUT2D eigenvalue weighted by Crippen LogP contribution is -2.31. The van der Waals surface area contributed by atoms with Crippen LogP contribution in [0, 0.1) is 12.3 Å². The third kappa shape index (κ3) is 6.01. The van der Waals surface area contributed by atoms with Crippen LogP contribution in [-0.4, -0.2) is 18.2 Å². The Morgan fingerprint density at radius 1 is 1.50 bits per heavy atom. The van der Waals surface area contributed by atoms with Gasteiger partial charge in [0.05, 0.1) is 0 Å². The van der Waals surface area contributed by atoms with E-state index >= 15 is 0 Å². The number of terminal acetylenes is 1. The van der Waals surface area contributed by atoms with Crippen molar-refractivity contribution in [2.24, 2.45) is 0 Å². The minimum Gasteiger partial charge on any atom is -0.349 e. The van der Waals surface area contributed by atoms with Gasteiger partial charge in [-0.15, -0.1) is 18.9 Å². The van der Waals surface area contributed by atoms with Crippen molar-refractivity contribution >= 4 is 11.7 Å². The van der Waals surface area contributed by atoms with Crippen LogP contribution in [-0.2, 0) is 9.59 Å². The van der Waals surface area contributed by atoms with Crippen LogP contribution in [0.25, 0.3) is 0 Å². The molecule has 0 unspecified atom stereocenters. The first-order chi connectivity index (χ1) is 6.72.